The van der Waals surface area contributed by atoms with Gasteiger partial charge < -0.3 is 10.2 Å². The summed E-state index contributed by atoms with van der Waals surface area (Å²) in [6.45, 7) is 2.94. The molecule has 0 saturated carbocycles. The Bertz CT molecular complexity index is 524. The van der Waals surface area contributed by atoms with Crippen molar-refractivity contribution in [3.8, 4) is 6.07 Å². The Morgan fingerprint density at radius 2 is 2.42 bits per heavy atom. The van der Waals surface area contributed by atoms with E-state index in [0.717, 1.165) is 26.1 Å². The summed E-state index contributed by atoms with van der Waals surface area (Å²) in [6, 6.07) is 6.46. The molecule has 6 heteroatoms. The lowest BCUT2D eigenvalue weighted by Gasteiger charge is -2.12. The second-order valence-electron chi connectivity index (χ2n) is 4.90. The molecular weight excluding hydrogens is 244 g/mol. The number of hydrogen-bond acceptors (Lipinski definition) is 5. The average molecular weight is 260 g/mol. The molecule has 0 bridgehead atoms. The molecule has 19 heavy (non-hydrogen) atoms. The molecule has 6 nitrogen and oxygen atoms in total. The Balaban J connectivity index is 2.03. The van der Waals surface area contributed by atoms with Crippen LogP contribution in [-0.2, 0) is 0 Å². The van der Waals surface area contributed by atoms with E-state index >= 15 is 0 Å². The van der Waals surface area contributed by atoms with E-state index in [4.69, 9.17) is 5.26 Å². The highest BCUT2D eigenvalue weighted by Crippen LogP contribution is 2.23. The maximum atomic E-state index is 10.9. The molecule has 1 heterocycles. The van der Waals surface area contributed by atoms with Crippen molar-refractivity contribution >= 4 is 11.4 Å². The monoisotopic (exact) mass is 260 g/mol. The van der Waals surface area contributed by atoms with Crippen molar-refractivity contribution in [2.24, 2.45) is 5.92 Å². The fourth-order valence-corrected chi connectivity index (χ4v) is 2.34. The molecular formula is C13H16N4O2. The minimum Gasteiger partial charge on any atom is -0.385 e. The highest BCUT2D eigenvalue weighted by atomic mass is 16.6. The number of rotatable bonds is 4. The molecule has 1 aromatic carbocycles. The van der Waals surface area contributed by atoms with Gasteiger partial charge >= 0.3 is 0 Å². The summed E-state index contributed by atoms with van der Waals surface area (Å²) in [5.41, 5.74) is 0.646. The van der Waals surface area contributed by atoms with Crippen LogP contribution in [0.15, 0.2) is 18.2 Å². The fraction of sp³-hybridized carbons (Fsp3) is 0.462. The van der Waals surface area contributed by atoms with Gasteiger partial charge in [-0.15, -0.1) is 0 Å². The molecule has 1 unspecified atom stereocenters. The van der Waals surface area contributed by atoms with Gasteiger partial charge in [-0.25, -0.2) is 0 Å². The van der Waals surface area contributed by atoms with E-state index < -0.39 is 4.92 Å². The zero-order valence-corrected chi connectivity index (χ0v) is 10.8. The molecule has 100 valence electrons. The van der Waals surface area contributed by atoms with Gasteiger partial charge in [0.05, 0.1) is 4.92 Å². The minimum absolute atomic E-state index is 0.0937. The first-order valence-electron chi connectivity index (χ1n) is 6.21. The summed E-state index contributed by atoms with van der Waals surface area (Å²) in [6.07, 6.45) is 1.14. The van der Waals surface area contributed by atoms with Crippen LogP contribution in [0.3, 0.4) is 0 Å². The maximum absolute atomic E-state index is 10.9. The van der Waals surface area contributed by atoms with Crippen molar-refractivity contribution in [3.63, 3.8) is 0 Å². The summed E-state index contributed by atoms with van der Waals surface area (Å²) in [5.74, 6) is 0.569. The number of likely N-dealkylation sites (tertiary alicyclic amines) is 1. The molecule has 0 radical (unpaired) electrons. The number of anilines is 1. The number of nitro groups is 1. The van der Waals surface area contributed by atoms with Gasteiger partial charge in [0, 0.05) is 24.8 Å². The van der Waals surface area contributed by atoms with E-state index in [-0.39, 0.29) is 11.3 Å². The van der Waals surface area contributed by atoms with E-state index in [1.165, 1.54) is 12.1 Å². The Labute approximate surface area is 111 Å². The van der Waals surface area contributed by atoms with Crippen molar-refractivity contribution in [1.82, 2.24) is 4.90 Å². The van der Waals surface area contributed by atoms with Crippen LogP contribution in [0.4, 0.5) is 11.4 Å². The Morgan fingerprint density at radius 3 is 3.00 bits per heavy atom. The topological polar surface area (TPSA) is 82.2 Å². The van der Waals surface area contributed by atoms with Crippen LogP contribution in [0.2, 0.25) is 0 Å². The van der Waals surface area contributed by atoms with Gasteiger partial charge in [0.2, 0.25) is 0 Å². The summed E-state index contributed by atoms with van der Waals surface area (Å²) < 4.78 is 0. The van der Waals surface area contributed by atoms with Crippen LogP contribution in [0.1, 0.15) is 12.0 Å². The highest BCUT2D eigenvalue weighted by molar-refractivity contribution is 5.59. The zero-order valence-electron chi connectivity index (χ0n) is 10.8. The van der Waals surface area contributed by atoms with Crippen LogP contribution < -0.4 is 5.32 Å². The number of nitrogens with one attached hydrogen (secondary N) is 1. The second kappa shape index (κ2) is 5.67. The summed E-state index contributed by atoms with van der Waals surface area (Å²) >= 11 is 0. The third-order valence-corrected chi connectivity index (χ3v) is 3.40. The van der Waals surface area contributed by atoms with Crippen molar-refractivity contribution in [2.75, 3.05) is 32.0 Å². The van der Waals surface area contributed by atoms with Gasteiger partial charge in [0.25, 0.3) is 5.69 Å². The van der Waals surface area contributed by atoms with E-state index in [0.29, 0.717) is 11.6 Å². The molecule has 1 aliphatic heterocycles. The lowest BCUT2D eigenvalue weighted by atomic mass is 10.1. The van der Waals surface area contributed by atoms with Crippen LogP contribution in [-0.4, -0.2) is 36.5 Å². The molecule has 0 aromatic heterocycles. The Kier molecular flexibility index (Phi) is 3.97. The number of benzene rings is 1. The van der Waals surface area contributed by atoms with E-state index in [1.807, 2.05) is 6.07 Å². The highest BCUT2D eigenvalue weighted by Gasteiger charge is 2.19. The molecule has 0 amide bonds. The van der Waals surface area contributed by atoms with Crippen LogP contribution in [0.5, 0.6) is 0 Å². The fourth-order valence-electron chi connectivity index (χ4n) is 2.34. The molecule has 0 aliphatic carbocycles. The summed E-state index contributed by atoms with van der Waals surface area (Å²) in [5, 5.41) is 22.9. The van der Waals surface area contributed by atoms with Gasteiger partial charge in [-0.2, -0.15) is 5.26 Å². The average Bonchev–Trinajstić information content (AvgIpc) is 2.81. The smallest absolute Gasteiger partial charge is 0.289 e. The predicted octanol–water partition coefficient (Wildman–Crippen LogP) is 1.83. The van der Waals surface area contributed by atoms with Crippen LogP contribution in [0, 0.1) is 27.4 Å². The largest absolute Gasteiger partial charge is 0.385 e. The third-order valence-electron chi connectivity index (χ3n) is 3.40. The van der Waals surface area contributed by atoms with Gasteiger partial charge in [-0.1, -0.05) is 0 Å². The number of nitro benzene ring substituents is 1. The number of nitriles is 1. The second-order valence-corrected chi connectivity index (χ2v) is 4.90. The maximum Gasteiger partial charge on any atom is 0.289 e. The SMILES string of the molecule is CN1CCC(CNc2ccc(C#N)c([N+](=O)[O-])c2)C1. The van der Waals surface area contributed by atoms with E-state index in [2.05, 4.69) is 17.3 Å². The van der Waals surface area contributed by atoms with E-state index in [1.54, 1.807) is 6.07 Å². The van der Waals surface area contributed by atoms with Gasteiger partial charge in [-0.05, 0) is 38.1 Å². The molecule has 0 spiro atoms. The van der Waals surface area contributed by atoms with Crippen LogP contribution in [0.25, 0.3) is 0 Å². The molecule has 1 N–H and O–H groups in total. The normalized spacial score (nSPS) is 19.1. The first-order valence-corrected chi connectivity index (χ1v) is 6.21. The number of hydrogen-bond donors (Lipinski definition) is 1. The molecule has 1 atom stereocenters. The van der Waals surface area contributed by atoms with Crippen molar-refractivity contribution < 1.29 is 4.92 Å². The summed E-state index contributed by atoms with van der Waals surface area (Å²) in [7, 11) is 2.09. The lowest BCUT2D eigenvalue weighted by molar-refractivity contribution is -0.385. The minimum atomic E-state index is -0.521. The molecule has 1 aromatic rings. The van der Waals surface area contributed by atoms with Gasteiger partial charge in [0.15, 0.2) is 0 Å². The Morgan fingerprint density at radius 1 is 1.63 bits per heavy atom. The molecule has 1 saturated heterocycles. The van der Waals surface area contributed by atoms with Crippen LogP contribution >= 0.6 is 0 Å². The Hall–Kier alpha value is -2.13. The quantitative estimate of drug-likeness (QED) is 0.659. The summed E-state index contributed by atoms with van der Waals surface area (Å²) in [4.78, 5) is 12.6. The predicted molar refractivity (Wildman–Crippen MR) is 71.9 cm³/mol. The first kappa shape index (κ1) is 13.3. The van der Waals surface area contributed by atoms with Gasteiger partial charge in [-0.3, -0.25) is 10.1 Å². The van der Waals surface area contributed by atoms with E-state index in [9.17, 15) is 10.1 Å². The van der Waals surface area contributed by atoms with Crippen molar-refractivity contribution in [1.29, 1.82) is 5.26 Å². The zero-order chi connectivity index (χ0) is 13.8. The number of nitrogens with zero attached hydrogens (tertiary/aromatic N) is 3. The first-order chi connectivity index (χ1) is 9.10. The van der Waals surface area contributed by atoms with Crippen molar-refractivity contribution in [2.45, 2.75) is 6.42 Å². The van der Waals surface area contributed by atoms with Gasteiger partial charge in [0.1, 0.15) is 11.6 Å². The molecule has 1 aliphatic rings. The lowest BCUT2D eigenvalue weighted by Crippen LogP contribution is -2.19. The van der Waals surface area contributed by atoms with Crippen molar-refractivity contribution in [3.05, 3.63) is 33.9 Å². The molecule has 1 fully saturated rings. The molecule has 2 rings (SSSR count). The standard InChI is InChI=1S/C13H16N4O2/c1-16-5-4-10(9-16)8-15-12-3-2-11(7-14)13(6-12)17(18)19/h2-3,6,10,15H,4-5,8-9H2,1H3. The third kappa shape index (κ3) is 3.20.